The first-order valence-corrected chi connectivity index (χ1v) is 8.41. The molecule has 1 saturated heterocycles. The van der Waals surface area contributed by atoms with Crippen LogP contribution in [-0.4, -0.2) is 56.1 Å². The molecule has 2 atom stereocenters. The van der Waals surface area contributed by atoms with Gasteiger partial charge in [-0.05, 0) is 32.1 Å². The Morgan fingerprint density at radius 2 is 1.90 bits per heavy atom. The summed E-state index contributed by atoms with van der Waals surface area (Å²) in [4.78, 5) is 10.9. The first kappa shape index (κ1) is 15.7. The summed E-state index contributed by atoms with van der Waals surface area (Å²) in [5.74, 6) is -1.27. The molecule has 1 heterocycles. The van der Waals surface area contributed by atoms with Crippen molar-refractivity contribution >= 4 is 16.2 Å². The number of piperidine rings is 1. The van der Waals surface area contributed by atoms with Crippen LogP contribution in [0.1, 0.15) is 32.1 Å². The van der Waals surface area contributed by atoms with Gasteiger partial charge >= 0.3 is 5.97 Å². The van der Waals surface area contributed by atoms with Gasteiger partial charge in [-0.2, -0.15) is 17.4 Å². The van der Waals surface area contributed by atoms with Crippen LogP contribution in [-0.2, 0) is 19.7 Å². The van der Waals surface area contributed by atoms with Crippen molar-refractivity contribution in [2.75, 3.05) is 20.2 Å². The fourth-order valence-corrected chi connectivity index (χ4v) is 4.44. The summed E-state index contributed by atoms with van der Waals surface area (Å²) < 4.78 is 33.9. The van der Waals surface area contributed by atoms with E-state index < -0.39 is 22.1 Å². The third kappa shape index (κ3) is 3.49. The first-order chi connectivity index (χ1) is 9.44. The highest BCUT2D eigenvalue weighted by Gasteiger charge is 2.35. The van der Waals surface area contributed by atoms with Crippen molar-refractivity contribution in [2.24, 2.45) is 5.92 Å². The molecule has 8 heteroatoms. The number of carboxylic acid groups (broad SMARTS) is 1. The average molecular weight is 306 g/mol. The number of nitrogens with zero attached hydrogens (tertiary/aromatic N) is 1. The molecule has 1 aliphatic heterocycles. The van der Waals surface area contributed by atoms with Crippen LogP contribution in [0.15, 0.2) is 0 Å². The minimum Gasteiger partial charge on any atom is -0.481 e. The Balaban J connectivity index is 1.93. The second-order valence-electron chi connectivity index (χ2n) is 5.45. The molecule has 2 rings (SSSR count). The fourth-order valence-electron chi connectivity index (χ4n) is 2.95. The second kappa shape index (κ2) is 6.38. The molecule has 1 saturated carbocycles. The molecule has 0 aromatic heterocycles. The summed E-state index contributed by atoms with van der Waals surface area (Å²) in [5, 5.41) is 8.92. The molecule has 20 heavy (non-hydrogen) atoms. The van der Waals surface area contributed by atoms with Crippen LogP contribution < -0.4 is 4.72 Å². The lowest BCUT2D eigenvalue weighted by molar-refractivity contribution is -0.142. The molecule has 0 amide bonds. The van der Waals surface area contributed by atoms with Gasteiger partial charge in [-0.1, -0.05) is 0 Å². The monoisotopic (exact) mass is 306 g/mol. The molecule has 116 valence electrons. The van der Waals surface area contributed by atoms with E-state index in [-0.39, 0.29) is 25.2 Å². The van der Waals surface area contributed by atoms with Crippen LogP contribution in [0.4, 0.5) is 0 Å². The quantitative estimate of drug-likeness (QED) is 0.755. The van der Waals surface area contributed by atoms with Crippen molar-refractivity contribution in [3.63, 3.8) is 0 Å². The summed E-state index contributed by atoms with van der Waals surface area (Å²) in [5.41, 5.74) is 0. The van der Waals surface area contributed by atoms with E-state index in [1.807, 2.05) is 0 Å². The Hall–Kier alpha value is -0.700. The molecule has 0 aromatic rings. The van der Waals surface area contributed by atoms with Gasteiger partial charge in [-0.25, -0.2) is 0 Å². The molecule has 1 aliphatic carbocycles. The topological polar surface area (TPSA) is 95.9 Å². The van der Waals surface area contributed by atoms with Crippen molar-refractivity contribution in [3.8, 4) is 0 Å². The minimum absolute atomic E-state index is 0.0682. The van der Waals surface area contributed by atoms with E-state index in [9.17, 15) is 13.2 Å². The molecule has 0 spiro atoms. The number of hydrogen-bond acceptors (Lipinski definition) is 4. The van der Waals surface area contributed by atoms with Crippen molar-refractivity contribution in [1.29, 1.82) is 0 Å². The van der Waals surface area contributed by atoms with Gasteiger partial charge in [0.2, 0.25) is 0 Å². The van der Waals surface area contributed by atoms with Crippen LogP contribution in [0.2, 0.25) is 0 Å². The zero-order chi connectivity index (χ0) is 14.8. The Morgan fingerprint density at radius 3 is 2.45 bits per heavy atom. The van der Waals surface area contributed by atoms with Gasteiger partial charge in [0, 0.05) is 26.2 Å². The molecule has 2 fully saturated rings. The van der Waals surface area contributed by atoms with Crippen LogP contribution in [0.25, 0.3) is 0 Å². The molecule has 2 unspecified atom stereocenters. The average Bonchev–Trinajstić information content (AvgIpc) is 2.85. The van der Waals surface area contributed by atoms with Gasteiger partial charge in [0.05, 0.1) is 12.0 Å². The van der Waals surface area contributed by atoms with Crippen molar-refractivity contribution in [1.82, 2.24) is 9.03 Å². The summed E-state index contributed by atoms with van der Waals surface area (Å²) in [6.45, 7) is 0.521. The molecule has 7 nitrogen and oxygen atoms in total. The van der Waals surface area contributed by atoms with Gasteiger partial charge < -0.3 is 9.84 Å². The maximum Gasteiger partial charge on any atom is 0.306 e. The van der Waals surface area contributed by atoms with Gasteiger partial charge in [-0.3, -0.25) is 4.79 Å². The first-order valence-electron chi connectivity index (χ1n) is 6.97. The van der Waals surface area contributed by atoms with Crippen LogP contribution in [0, 0.1) is 5.92 Å². The van der Waals surface area contributed by atoms with Gasteiger partial charge in [0.25, 0.3) is 10.2 Å². The lowest BCUT2D eigenvalue weighted by atomic mass is 9.99. The number of hydrogen-bond donors (Lipinski definition) is 2. The second-order valence-corrected chi connectivity index (χ2v) is 7.15. The number of carbonyl (C=O) groups is 1. The van der Waals surface area contributed by atoms with Crippen LogP contribution >= 0.6 is 0 Å². The van der Waals surface area contributed by atoms with E-state index in [1.165, 1.54) is 4.31 Å². The zero-order valence-electron chi connectivity index (χ0n) is 11.6. The Bertz CT molecular complexity index is 445. The molecule has 0 aromatic carbocycles. The maximum absolute atomic E-state index is 12.3. The van der Waals surface area contributed by atoms with Crippen molar-refractivity contribution in [2.45, 2.75) is 44.2 Å². The number of rotatable bonds is 5. The molecule has 0 bridgehead atoms. The number of aliphatic carboxylic acids is 1. The number of carboxylic acids is 1. The van der Waals surface area contributed by atoms with E-state index in [0.29, 0.717) is 12.8 Å². The highest BCUT2D eigenvalue weighted by Crippen LogP contribution is 2.24. The predicted molar refractivity (Wildman–Crippen MR) is 72.4 cm³/mol. The van der Waals surface area contributed by atoms with E-state index in [2.05, 4.69) is 4.72 Å². The number of methoxy groups -OCH3 is 1. The molecular weight excluding hydrogens is 284 g/mol. The summed E-state index contributed by atoms with van der Waals surface area (Å²) in [7, 11) is -1.96. The van der Waals surface area contributed by atoms with Gasteiger partial charge in [-0.15, -0.1) is 0 Å². The van der Waals surface area contributed by atoms with Crippen LogP contribution in [0.5, 0.6) is 0 Å². The Labute approximate surface area is 119 Å². The predicted octanol–water partition coefficient (Wildman–Crippen LogP) is 0.185. The third-order valence-electron chi connectivity index (χ3n) is 4.20. The maximum atomic E-state index is 12.3. The SMILES string of the molecule is COC1CCCC1NS(=O)(=O)N1CCC(C(=O)O)CC1. The number of ether oxygens (including phenoxy) is 1. The Morgan fingerprint density at radius 1 is 1.25 bits per heavy atom. The normalized spacial score (nSPS) is 29.6. The van der Waals surface area contributed by atoms with Gasteiger partial charge in [0.1, 0.15) is 0 Å². The lowest BCUT2D eigenvalue weighted by Crippen LogP contribution is -2.50. The fraction of sp³-hybridized carbons (Fsp3) is 0.917. The minimum atomic E-state index is -3.55. The summed E-state index contributed by atoms with van der Waals surface area (Å²) >= 11 is 0. The van der Waals surface area contributed by atoms with Gasteiger partial charge in [0.15, 0.2) is 0 Å². The third-order valence-corrected chi connectivity index (χ3v) is 5.84. The molecule has 0 radical (unpaired) electrons. The lowest BCUT2D eigenvalue weighted by Gasteiger charge is -2.31. The zero-order valence-corrected chi connectivity index (χ0v) is 12.4. The van der Waals surface area contributed by atoms with E-state index in [0.717, 1.165) is 19.3 Å². The van der Waals surface area contributed by atoms with Crippen molar-refractivity contribution < 1.29 is 23.1 Å². The van der Waals surface area contributed by atoms with Crippen molar-refractivity contribution in [3.05, 3.63) is 0 Å². The smallest absolute Gasteiger partial charge is 0.306 e. The largest absolute Gasteiger partial charge is 0.481 e. The molecule has 2 aliphatic rings. The van der Waals surface area contributed by atoms with E-state index in [1.54, 1.807) is 7.11 Å². The van der Waals surface area contributed by atoms with Crippen LogP contribution in [0.3, 0.4) is 0 Å². The highest BCUT2D eigenvalue weighted by atomic mass is 32.2. The number of nitrogens with one attached hydrogen (secondary N) is 1. The molecule has 2 N–H and O–H groups in total. The summed E-state index contributed by atoms with van der Waals surface area (Å²) in [6, 6.07) is -0.179. The standard InChI is InChI=1S/C12H22N2O5S/c1-19-11-4-2-3-10(11)13-20(17,18)14-7-5-9(6-8-14)12(15)16/h9-11,13H,2-8H2,1H3,(H,15,16). The van der Waals surface area contributed by atoms with E-state index >= 15 is 0 Å². The highest BCUT2D eigenvalue weighted by molar-refractivity contribution is 7.87. The molecular formula is C12H22N2O5S. The Kier molecular flexibility index (Phi) is 5.00. The summed E-state index contributed by atoms with van der Waals surface area (Å²) in [6.07, 6.45) is 3.27. The van der Waals surface area contributed by atoms with E-state index in [4.69, 9.17) is 9.84 Å².